The molecule has 8 nitrogen and oxygen atoms in total. The van der Waals surface area contributed by atoms with Crippen molar-refractivity contribution in [1.29, 1.82) is 0 Å². The van der Waals surface area contributed by atoms with Crippen LogP contribution in [-0.2, 0) is 7.05 Å². The average Bonchev–Trinajstić information content (AvgIpc) is 3.24. The maximum absolute atomic E-state index is 12.2. The van der Waals surface area contributed by atoms with E-state index < -0.39 is 0 Å². The Morgan fingerprint density at radius 3 is 2.92 bits per heavy atom. The monoisotopic (exact) mass is 345 g/mol. The van der Waals surface area contributed by atoms with Crippen LogP contribution in [0.1, 0.15) is 42.4 Å². The number of carbonyl (C=O) groups is 1. The van der Waals surface area contributed by atoms with Crippen LogP contribution in [0.25, 0.3) is 0 Å². The maximum Gasteiger partial charge on any atom is 0.273 e. The number of amides is 1. The van der Waals surface area contributed by atoms with E-state index in [2.05, 4.69) is 20.5 Å². The normalized spacial score (nSPS) is 17.3. The number of aryl methyl sites for hydroxylation is 1. The molecule has 8 heteroatoms. The van der Waals surface area contributed by atoms with E-state index in [1.54, 1.807) is 25.4 Å². The second-order valence-electron chi connectivity index (χ2n) is 6.76. The average molecular weight is 345 g/mol. The third kappa shape index (κ3) is 3.89. The summed E-state index contributed by atoms with van der Waals surface area (Å²) >= 11 is 0. The zero-order chi connectivity index (χ0) is 18.0. The first-order valence-corrected chi connectivity index (χ1v) is 8.47. The van der Waals surface area contributed by atoms with Crippen LogP contribution in [0.5, 0.6) is 0 Å². The molecule has 1 atom stereocenters. The van der Waals surface area contributed by atoms with Gasteiger partial charge in [-0.25, -0.2) is 4.68 Å². The van der Waals surface area contributed by atoms with Crippen LogP contribution in [0.2, 0.25) is 0 Å². The van der Waals surface area contributed by atoms with Gasteiger partial charge in [0.2, 0.25) is 0 Å². The van der Waals surface area contributed by atoms with Crippen LogP contribution < -0.4 is 15.8 Å². The SMILES string of the molecule is CC(C)c1cc(C(=O)NCC2CCN(c3cnn(C)c(=O)c3)C2)no1. The van der Waals surface area contributed by atoms with Gasteiger partial charge in [0.15, 0.2) is 5.69 Å². The smallest absolute Gasteiger partial charge is 0.273 e. The Kier molecular flexibility index (Phi) is 4.87. The predicted molar refractivity (Wildman–Crippen MR) is 92.7 cm³/mol. The van der Waals surface area contributed by atoms with Crippen molar-refractivity contribution in [2.45, 2.75) is 26.2 Å². The molecule has 0 radical (unpaired) electrons. The molecule has 0 aromatic carbocycles. The molecular weight excluding hydrogens is 322 g/mol. The Morgan fingerprint density at radius 2 is 2.24 bits per heavy atom. The summed E-state index contributed by atoms with van der Waals surface area (Å²) in [4.78, 5) is 26.0. The van der Waals surface area contributed by atoms with Crippen LogP contribution in [0.3, 0.4) is 0 Å². The highest BCUT2D eigenvalue weighted by Gasteiger charge is 2.24. The molecule has 0 spiro atoms. The minimum absolute atomic E-state index is 0.124. The molecule has 1 aliphatic rings. The van der Waals surface area contributed by atoms with Gasteiger partial charge in [-0.1, -0.05) is 19.0 Å². The van der Waals surface area contributed by atoms with Gasteiger partial charge in [0.1, 0.15) is 5.76 Å². The van der Waals surface area contributed by atoms with Crippen molar-refractivity contribution in [3.8, 4) is 0 Å². The highest BCUT2D eigenvalue weighted by molar-refractivity contribution is 5.92. The second kappa shape index (κ2) is 7.08. The lowest BCUT2D eigenvalue weighted by molar-refractivity contribution is 0.0939. The summed E-state index contributed by atoms with van der Waals surface area (Å²) in [7, 11) is 1.63. The molecular formula is C17H23N5O3. The van der Waals surface area contributed by atoms with E-state index in [1.807, 2.05) is 13.8 Å². The van der Waals surface area contributed by atoms with Crippen molar-refractivity contribution in [3.05, 3.63) is 40.1 Å². The standard InChI is InChI=1S/C17H23N5O3/c1-11(2)15-7-14(20-25-15)17(24)18-8-12-4-5-22(10-12)13-6-16(23)21(3)19-9-13/h6-7,9,11-12H,4-5,8,10H2,1-3H3,(H,18,24). The summed E-state index contributed by atoms with van der Waals surface area (Å²) in [6.45, 7) is 6.17. The number of nitrogens with one attached hydrogen (secondary N) is 1. The summed E-state index contributed by atoms with van der Waals surface area (Å²) in [6.07, 6.45) is 2.65. The van der Waals surface area contributed by atoms with E-state index in [0.717, 1.165) is 25.2 Å². The van der Waals surface area contributed by atoms with Crippen molar-refractivity contribution >= 4 is 11.6 Å². The molecule has 1 aliphatic heterocycles. The number of hydrogen-bond donors (Lipinski definition) is 1. The highest BCUT2D eigenvalue weighted by atomic mass is 16.5. The van der Waals surface area contributed by atoms with Gasteiger partial charge in [0.05, 0.1) is 11.9 Å². The summed E-state index contributed by atoms with van der Waals surface area (Å²) < 4.78 is 6.46. The molecule has 1 saturated heterocycles. The minimum atomic E-state index is -0.218. The lowest BCUT2D eigenvalue weighted by Crippen LogP contribution is -2.31. The molecule has 0 bridgehead atoms. The first-order valence-electron chi connectivity index (χ1n) is 8.47. The van der Waals surface area contributed by atoms with Crippen LogP contribution >= 0.6 is 0 Å². The first-order chi connectivity index (χ1) is 11.9. The predicted octanol–water partition coefficient (Wildman–Crippen LogP) is 1.15. The fraction of sp³-hybridized carbons (Fsp3) is 0.529. The van der Waals surface area contributed by atoms with E-state index in [1.165, 1.54) is 4.68 Å². The van der Waals surface area contributed by atoms with Gasteiger partial charge in [-0.05, 0) is 12.3 Å². The molecule has 2 aromatic heterocycles. The molecule has 1 unspecified atom stereocenters. The van der Waals surface area contributed by atoms with Crippen molar-refractivity contribution in [2.75, 3.05) is 24.5 Å². The summed E-state index contributed by atoms with van der Waals surface area (Å²) in [5, 5.41) is 10.8. The first kappa shape index (κ1) is 17.2. The van der Waals surface area contributed by atoms with Gasteiger partial charge in [-0.2, -0.15) is 5.10 Å². The van der Waals surface area contributed by atoms with Gasteiger partial charge in [0.25, 0.3) is 11.5 Å². The summed E-state index contributed by atoms with van der Waals surface area (Å²) in [5.41, 5.74) is 1.02. The molecule has 1 N–H and O–H groups in total. The van der Waals surface area contributed by atoms with E-state index in [-0.39, 0.29) is 17.4 Å². The van der Waals surface area contributed by atoms with E-state index in [4.69, 9.17) is 4.52 Å². The number of nitrogens with zero attached hydrogens (tertiary/aromatic N) is 4. The summed E-state index contributed by atoms with van der Waals surface area (Å²) in [6, 6.07) is 3.28. The molecule has 2 aromatic rings. The quantitative estimate of drug-likeness (QED) is 0.874. The fourth-order valence-corrected chi connectivity index (χ4v) is 2.86. The van der Waals surface area contributed by atoms with Crippen molar-refractivity contribution in [3.63, 3.8) is 0 Å². The molecule has 134 valence electrons. The highest BCUT2D eigenvalue weighted by Crippen LogP contribution is 2.21. The Labute approximate surface area is 145 Å². The van der Waals surface area contributed by atoms with Crippen LogP contribution in [-0.4, -0.2) is 40.5 Å². The van der Waals surface area contributed by atoms with E-state index >= 15 is 0 Å². The molecule has 25 heavy (non-hydrogen) atoms. The minimum Gasteiger partial charge on any atom is -0.370 e. The Balaban J connectivity index is 1.53. The Morgan fingerprint density at radius 1 is 1.44 bits per heavy atom. The van der Waals surface area contributed by atoms with E-state index in [9.17, 15) is 9.59 Å². The molecule has 0 saturated carbocycles. The molecule has 3 heterocycles. The number of hydrogen-bond acceptors (Lipinski definition) is 6. The maximum atomic E-state index is 12.2. The third-order valence-corrected chi connectivity index (χ3v) is 4.49. The zero-order valence-corrected chi connectivity index (χ0v) is 14.7. The van der Waals surface area contributed by atoms with E-state index in [0.29, 0.717) is 23.9 Å². The Hall–Kier alpha value is -2.64. The largest absolute Gasteiger partial charge is 0.370 e. The van der Waals surface area contributed by atoms with Gasteiger partial charge in [-0.15, -0.1) is 0 Å². The van der Waals surface area contributed by atoms with Crippen LogP contribution in [0.15, 0.2) is 27.6 Å². The number of aromatic nitrogens is 3. The fourth-order valence-electron chi connectivity index (χ4n) is 2.86. The number of anilines is 1. The molecule has 3 rings (SSSR count). The van der Waals surface area contributed by atoms with Gasteiger partial charge < -0.3 is 14.7 Å². The van der Waals surface area contributed by atoms with Crippen molar-refractivity contribution in [1.82, 2.24) is 20.3 Å². The van der Waals surface area contributed by atoms with Gasteiger partial charge in [0, 0.05) is 44.7 Å². The summed E-state index contributed by atoms with van der Waals surface area (Å²) in [5.74, 6) is 1.01. The lowest BCUT2D eigenvalue weighted by atomic mass is 10.1. The number of carbonyl (C=O) groups excluding carboxylic acids is 1. The molecule has 0 aliphatic carbocycles. The molecule has 1 amide bonds. The van der Waals surface area contributed by atoms with Gasteiger partial charge >= 0.3 is 0 Å². The Bertz CT molecular complexity index is 811. The topological polar surface area (TPSA) is 93.3 Å². The second-order valence-corrected chi connectivity index (χ2v) is 6.76. The number of rotatable bonds is 5. The zero-order valence-electron chi connectivity index (χ0n) is 14.7. The van der Waals surface area contributed by atoms with Gasteiger partial charge in [-0.3, -0.25) is 9.59 Å². The van der Waals surface area contributed by atoms with Crippen molar-refractivity contribution < 1.29 is 9.32 Å². The van der Waals surface area contributed by atoms with Crippen molar-refractivity contribution in [2.24, 2.45) is 13.0 Å². The lowest BCUT2D eigenvalue weighted by Gasteiger charge is -2.18. The van der Waals surface area contributed by atoms with Crippen LogP contribution in [0.4, 0.5) is 5.69 Å². The molecule has 1 fully saturated rings. The third-order valence-electron chi connectivity index (χ3n) is 4.49. The van der Waals surface area contributed by atoms with Crippen LogP contribution in [0, 0.1) is 5.92 Å².